The number of piperidine rings is 1. The van der Waals surface area contributed by atoms with Crippen molar-refractivity contribution < 1.29 is 9.59 Å². The van der Waals surface area contributed by atoms with Crippen molar-refractivity contribution in [3.05, 3.63) is 64.1 Å². The van der Waals surface area contributed by atoms with E-state index < -0.39 is 0 Å². The van der Waals surface area contributed by atoms with Crippen LogP contribution in [0.2, 0.25) is 0 Å². The van der Waals surface area contributed by atoms with Gasteiger partial charge in [-0.3, -0.25) is 14.5 Å². The molecule has 2 amide bonds. The molecule has 3 rings (SSSR count). The smallest absolute Gasteiger partial charge is 0.253 e. The number of anilines is 1. The molecule has 0 aliphatic carbocycles. The topological polar surface area (TPSA) is 52.7 Å². The van der Waals surface area contributed by atoms with E-state index in [1.807, 2.05) is 60.4 Å². The van der Waals surface area contributed by atoms with Crippen LogP contribution in [0.1, 0.15) is 42.1 Å². The SMILES string of the molecule is CCCN(CC(=O)Nc1ccc(C)cc1Br)C1CCN(C(=O)c2ccccc2)CC1. The van der Waals surface area contributed by atoms with Crippen LogP contribution in [0.15, 0.2) is 53.0 Å². The second-order valence-corrected chi connectivity index (χ2v) is 8.75. The Morgan fingerprint density at radius 2 is 1.83 bits per heavy atom. The molecule has 1 aliphatic rings. The molecule has 0 atom stereocenters. The molecule has 1 fully saturated rings. The lowest BCUT2D eigenvalue weighted by Gasteiger charge is -2.38. The number of benzene rings is 2. The highest BCUT2D eigenvalue weighted by Gasteiger charge is 2.28. The fourth-order valence-corrected chi connectivity index (χ4v) is 4.56. The van der Waals surface area contributed by atoms with Crippen molar-refractivity contribution in [3.8, 4) is 0 Å². The Hall–Kier alpha value is -2.18. The number of amides is 2. The van der Waals surface area contributed by atoms with Crippen LogP contribution in [-0.2, 0) is 4.79 Å². The summed E-state index contributed by atoms with van der Waals surface area (Å²) in [7, 11) is 0. The van der Waals surface area contributed by atoms with Crippen molar-refractivity contribution in [2.75, 3.05) is 31.5 Å². The second-order valence-electron chi connectivity index (χ2n) is 7.89. The average Bonchev–Trinajstić information content (AvgIpc) is 2.76. The Morgan fingerprint density at radius 1 is 1.13 bits per heavy atom. The molecule has 0 spiro atoms. The van der Waals surface area contributed by atoms with Gasteiger partial charge in [0.05, 0.1) is 12.2 Å². The molecule has 5 nitrogen and oxygen atoms in total. The van der Waals surface area contributed by atoms with Crippen molar-refractivity contribution >= 4 is 33.4 Å². The molecular weight excluding hydrogens is 442 g/mol. The zero-order valence-electron chi connectivity index (χ0n) is 17.7. The summed E-state index contributed by atoms with van der Waals surface area (Å²) >= 11 is 3.52. The third-order valence-corrected chi connectivity index (χ3v) is 6.20. The fourth-order valence-electron chi connectivity index (χ4n) is 3.97. The second kappa shape index (κ2) is 10.7. The highest BCUT2D eigenvalue weighted by atomic mass is 79.9. The Balaban J connectivity index is 1.56. The van der Waals surface area contributed by atoms with E-state index in [4.69, 9.17) is 0 Å². The first-order valence-corrected chi connectivity index (χ1v) is 11.4. The summed E-state index contributed by atoms with van der Waals surface area (Å²) < 4.78 is 0.894. The molecule has 0 aromatic heterocycles. The minimum atomic E-state index is -0.00389. The first kappa shape index (κ1) is 22.5. The molecule has 1 heterocycles. The molecule has 30 heavy (non-hydrogen) atoms. The van der Waals surface area contributed by atoms with E-state index in [1.54, 1.807) is 0 Å². The van der Waals surface area contributed by atoms with E-state index in [1.165, 1.54) is 0 Å². The van der Waals surface area contributed by atoms with Gasteiger partial charge in [-0.2, -0.15) is 0 Å². The maximum Gasteiger partial charge on any atom is 0.253 e. The minimum absolute atomic E-state index is 0.00389. The van der Waals surface area contributed by atoms with E-state index in [9.17, 15) is 9.59 Å². The zero-order chi connectivity index (χ0) is 21.5. The maximum absolute atomic E-state index is 12.7. The van der Waals surface area contributed by atoms with Crippen LogP contribution in [-0.4, -0.2) is 53.8 Å². The van der Waals surface area contributed by atoms with Crippen LogP contribution in [0.4, 0.5) is 5.69 Å². The predicted molar refractivity (Wildman–Crippen MR) is 125 cm³/mol. The Bertz CT molecular complexity index is 864. The molecule has 0 saturated carbocycles. The van der Waals surface area contributed by atoms with Crippen LogP contribution in [0.3, 0.4) is 0 Å². The Morgan fingerprint density at radius 3 is 2.47 bits per heavy atom. The van der Waals surface area contributed by atoms with E-state index in [-0.39, 0.29) is 11.8 Å². The Kier molecular flexibility index (Phi) is 8.05. The van der Waals surface area contributed by atoms with Crippen LogP contribution in [0.5, 0.6) is 0 Å². The van der Waals surface area contributed by atoms with Gasteiger partial charge in [0.25, 0.3) is 5.91 Å². The molecule has 0 bridgehead atoms. The van der Waals surface area contributed by atoms with Crippen molar-refractivity contribution in [2.24, 2.45) is 0 Å². The monoisotopic (exact) mass is 471 g/mol. The van der Waals surface area contributed by atoms with Crippen LogP contribution in [0, 0.1) is 6.92 Å². The summed E-state index contributed by atoms with van der Waals surface area (Å²) in [6.07, 6.45) is 2.77. The molecule has 2 aromatic carbocycles. The summed E-state index contributed by atoms with van der Waals surface area (Å²) in [5, 5.41) is 3.02. The molecule has 0 radical (unpaired) electrons. The lowest BCUT2D eigenvalue weighted by molar-refractivity contribution is -0.118. The van der Waals surface area contributed by atoms with Gasteiger partial charge in [0.15, 0.2) is 0 Å². The predicted octanol–water partition coefficient (Wildman–Crippen LogP) is 4.71. The first-order valence-electron chi connectivity index (χ1n) is 10.6. The third kappa shape index (κ3) is 5.92. The molecule has 1 aliphatic heterocycles. The standard InChI is InChI=1S/C24H30BrN3O2/c1-3-13-28(17-23(29)26-22-10-9-18(2)16-21(22)25)20-11-14-27(15-12-20)24(30)19-7-5-4-6-8-19/h4-10,16,20H,3,11-15,17H2,1-2H3,(H,26,29). The van der Waals surface area contributed by atoms with Crippen LogP contribution < -0.4 is 5.32 Å². The van der Waals surface area contributed by atoms with E-state index in [0.29, 0.717) is 12.6 Å². The molecule has 1 saturated heterocycles. The van der Waals surface area contributed by atoms with Gasteiger partial charge in [0.2, 0.25) is 5.91 Å². The van der Waals surface area contributed by atoms with Gasteiger partial charge in [-0.25, -0.2) is 0 Å². The van der Waals surface area contributed by atoms with Gasteiger partial charge in [-0.1, -0.05) is 31.2 Å². The average molecular weight is 472 g/mol. The van der Waals surface area contributed by atoms with Gasteiger partial charge in [0, 0.05) is 29.2 Å². The van der Waals surface area contributed by atoms with Gasteiger partial charge in [0.1, 0.15) is 0 Å². The number of hydrogen-bond acceptors (Lipinski definition) is 3. The van der Waals surface area contributed by atoms with Crippen molar-refractivity contribution in [1.29, 1.82) is 0 Å². The number of nitrogens with zero attached hydrogens (tertiary/aromatic N) is 2. The third-order valence-electron chi connectivity index (χ3n) is 5.55. The van der Waals surface area contributed by atoms with E-state index >= 15 is 0 Å². The van der Waals surface area contributed by atoms with Gasteiger partial charge in [-0.05, 0) is 78.5 Å². The van der Waals surface area contributed by atoms with Crippen LogP contribution in [0.25, 0.3) is 0 Å². The molecule has 2 aromatic rings. The molecule has 160 valence electrons. The quantitative estimate of drug-likeness (QED) is 0.635. The minimum Gasteiger partial charge on any atom is -0.339 e. The number of rotatable bonds is 7. The molecule has 6 heteroatoms. The summed E-state index contributed by atoms with van der Waals surface area (Å²) in [6.45, 7) is 6.85. The largest absolute Gasteiger partial charge is 0.339 e. The summed E-state index contributed by atoms with van der Waals surface area (Å²) in [5.41, 5.74) is 2.68. The lowest BCUT2D eigenvalue weighted by atomic mass is 10.0. The number of carbonyl (C=O) groups is 2. The highest BCUT2D eigenvalue weighted by Crippen LogP contribution is 2.24. The molecular formula is C24H30BrN3O2. The number of carbonyl (C=O) groups excluding carboxylic acids is 2. The number of aryl methyl sites for hydroxylation is 1. The maximum atomic E-state index is 12.7. The summed E-state index contributed by atoms with van der Waals surface area (Å²) in [4.78, 5) is 29.6. The molecule has 0 unspecified atom stereocenters. The van der Waals surface area contributed by atoms with E-state index in [0.717, 1.165) is 60.2 Å². The number of likely N-dealkylation sites (tertiary alicyclic amines) is 1. The van der Waals surface area contributed by atoms with Gasteiger partial charge < -0.3 is 10.2 Å². The summed E-state index contributed by atoms with van der Waals surface area (Å²) in [6, 6.07) is 15.7. The van der Waals surface area contributed by atoms with Crippen molar-refractivity contribution in [1.82, 2.24) is 9.80 Å². The number of nitrogens with one attached hydrogen (secondary N) is 1. The summed E-state index contributed by atoms with van der Waals surface area (Å²) in [5.74, 6) is 0.0915. The fraction of sp³-hybridized carbons (Fsp3) is 0.417. The first-order chi connectivity index (χ1) is 14.5. The normalized spacial score (nSPS) is 14.7. The van der Waals surface area contributed by atoms with Gasteiger partial charge >= 0.3 is 0 Å². The number of hydrogen-bond donors (Lipinski definition) is 1. The highest BCUT2D eigenvalue weighted by molar-refractivity contribution is 9.10. The molecule has 1 N–H and O–H groups in total. The van der Waals surface area contributed by atoms with Crippen molar-refractivity contribution in [2.45, 2.75) is 39.2 Å². The lowest BCUT2D eigenvalue weighted by Crippen LogP contribution is -2.49. The zero-order valence-corrected chi connectivity index (χ0v) is 19.3. The number of halogens is 1. The van der Waals surface area contributed by atoms with Crippen molar-refractivity contribution in [3.63, 3.8) is 0 Å². The van der Waals surface area contributed by atoms with E-state index in [2.05, 4.69) is 33.1 Å². The van der Waals surface area contributed by atoms with Crippen LogP contribution >= 0.6 is 15.9 Å². The Labute approximate surface area is 187 Å². The van der Waals surface area contributed by atoms with Gasteiger partial charge in [-0.15, -0.1) is 0 Å².